The topological polar surface area (TPSA) is 51.6 Å². The molecule has 2 aromatic rings. The molecule has 0 aliphatic carbocycles. The van der Waals surface area contributed by atoms with Gasteiger partial charge in [-0.25, -0.2) is 15.0 Å². The number of nitrogens with zero attached hydrogens (tertiary/aromatic N) is 4. The largest absolute Gasteiger partial charge is 0.237 e. The Bertz CT molecular complexity index is 426. The number of aromatic nitrogens is 4. The molecule has 0 atom stereocenters. The van der Waals surface area contributed by atoms with E-state index in [-0.39, 0.29) is 0 Å². The van der Waals surface area contributed by atoms with E-state index in [2.05, 4.69) is 19.3 Å². The number of hydrogen-bond acceptors (Lipinski definition) is 6. The van der Waals surface area contributed by atoms with Crippen LogP contribution in [0.25, 0.3) is 0 Å². The maximum Gasteiger partial charge on any atom is 0.170 e. The van der Waals surface area contributed by atoms with Gasteiger partial charge in [0.05, 0.1) is 5.75 Å². The monoisotopic (exact) mass is 258 g/mol. The van der Waals surface area contributed by atoms with Crippen LogP contribution < -0.4 is 0 Å². The Balaban J connectivity index is 2.05. The SMILES string of the molecule is Cc1cc(Cl)nc(CSc2ncns2)n1. The van der Waals surface area contributed by atoms with Crippen LogP contribution in [-0.2, 0) is 5.75 Å². The van der Waals surface area contributed by atoms with Crippen LogP contribution in [0.15, 0.2) is 16.7 Å². The van der Waals surface area contributed by atoms with E-state index in [0.717, 1.165) is 15.9 Å². The molecule has 0 saturated carbocycles. The maximum absolute atomic E-state index is 5.83. The van der Waals surface area contributed by atoms with E-state index < -0.39 is 0 Å². The van der Waals surface area contributed by atoms with E-state index in [1.54, 1.807) is 17.8 Å². The van der Waals surface area contributed by atoms with Gasteiger partial charge in [0.15, 0.2) is 4.34 Å². The van der Waals surface area contributed by atoms with Crippen molar-refractivity contribution in [2.24, 2.45) is 0 Å². The van der Waals surface area contributed by atoms with Crippen molar-refractivity contribution in [3.8, 4) is 0 Å². The minimum atomic E-state index is 0.482. The fourth-order valence-electron chi connectivity index (χ4n) is 1.01. The molecule has 15 heavy (non-hydrogen) atoms. The summed E-state index contributed by atoms with van der Waals surface area (Å²) in [5, 5.41) is 0.482. The predicted molar refractivity (Wildman–Crippen MR) is 61.2 cm³/mol. The fraction of sp³-hybridized carbons (Fsp3) is 0.250. The minimum absolute atomic E-state index is 0.482. The first-order chi connectivity index (χ1) is 7.24. The first kappa shape index (κ1) is 10.8. The lowest BCUT2D eigenvalue weighted by Crippen LogP contribution is -1.94. The minimum Gasteiger partial charge on any atom is -0.237 e. The number of halogens is 1. The molecule has 7 heteroatoms. The van der Waals surface area contributed by atoms with Crippen molar-refractivity contribution in [1.29, 1.82) is 0 Å². The van der Waals surface area contributed by atoms with Crippen LogP contribution in [0, 0.1) is 6.92 Å². The Morgan fingerprint density at radius 1 is 1.47 bits per heavy atom. The van der Waals surface area contributed by atoms with Crippen molar-refractivity contribution in [1.82, 2.24) is 19.3 Å². The molecule has 2 heterocycles. The van der Waals surface area contributed by atoms with Gasteiger partial charge in [-0.1, -0.05) is 23.4 Å². The second-order valence-electron chi connectivity index (χ2n) is 2.74. The third-order valence-electron chi connectivity index (χ3n) is 1.54. The molecule has 2 aromatic heterocycles. The van der Waals surface area contributed by atoms with Crippen molar-refractivity contribution in [3.05, 3.63) is 29.1 Å². The summed E-state index contributed by atoms with van der Waals surface area (Å²) in [7, 11) is 0. The average molecular weight is 259 g/mol. The summed E-state index contributed by atoms with van der Waals surface area (Å²) in [6, 6.07) is 1.74. The summed E-state index contributed by atoms with van der Waals surface area (Å²) < 4.78 is 4.83. The second-order valence-corrected chi connectivity index (χ2v) is 5.13. The van der Waals surface area contributed by atoms with Crippen molar-refractivity contribution in [3.63, 3.8) is 0 Å². The van der Waals surface area contributed by atoms with Crippen LogP contribution >= 0.6 is 34.9 Å². The Morgan fingerprint density at radius 3 is 3.00 bits per heavy atom. The predicted octanol–water partition coefficient (Wildman–Crippen LogP) is 2.58. The lowest BCUT2D eigenvalue weighted by molar-refractivity contribution is 0.995. The molecule has 0 spiro atoms. The molecule has 0 aromatic carbocycles. The van der Waals surface area contributed by atoms with Gasteiger partial charge in [0, 0.05) is 5.69 Å². The van der Waals surface area contributed by atoms with Crippen molar-refractivity contribution >= 4 is 34.9 Å². The average Bonchev–Trinajstić information content (AvgIpc) is 2.65. The molecule has 0 saturated heterocycles. The molecule has 0 amide bonds. The van der Waals surface area contributed by atoms with E-state index in [1.165, 1.54) is 17.9 Å². The van der Waals surface area contributed by atoms with Gasteiger partial charge in [0.25, 0.3) is 0 Å². The third kappa shape index (κ3) is 3.12. The van der Waals surface area contributed by atoms with Crippen molar-refractivity contribution in [2.45, 2.75) is 17.0 Å². The van der Waals surface area contributed by atoms with Crippen LogP contribution in [0.5, 0.6) is 0 Å². The number of hydrogen-bond donors (Lipinski definition) is 0. The quantitative estimate of drug-likeness (QED) is 0.626. The molecular formula is C8H7ClN4S2. The molecule has 0 aliphatic rings. The van der Waals surface area contributed by atoms with E-state index in [4.69, 9.17) is 11.6 Å². The van der Waals surface area contributed by atoms with Gasteiger partial charge in [-0.15, -0.1) is 0 Å². The highest BCUT2D eigenvalue weighted by Gasteiger charge is 2.03. The van der Waals surface area contributed by atoms with E-state index in [1.807, 2.05) is 6.92 Å². The maximum atomic E-state index is 5.83. The highest BCUT2D eigenvalue weighted by Crippen LogP contribution is 2.22. The van der Waals surface area contributed by atoms with Crippen LogP contribution in [-0.4, -0.2) is 19.3 Å². The first-order valence-corrected chi connectivity index (χ1v) is 6.27. The lowest BCUT2D eigenvalue weighted by atomic mass is 10.4. The molecule has 0 N–H and O–H groups in total. The van der Waals surface area contributed by atoms with Crippen molar-refractivity contribution in [2.75, 3.05) is 0 Å². The highest BCUT2D eigenvalue weighted by atomic mass is 35.5. The zero-order valence-corrected chi connectivity index (χ0v) is 10.2. The van der Waals surface area contributed by atoms with Gasteiger partial charge in [0.1, 0.15) is 17.3 Å². The summed E-state index contributed by atoms with van der Waals surface area (Å²) in [5.41, 5.74) is 0.878. The molecule has 0 aliphatic heterocycles. The van der Waals surface area contributed by atoms with Crippen LogP contribution in [0.1, 0.15) is 11.5 Å². The Hall–Kier alpha value is -0.720. The van der Waals surface area contributed by atoms with E-state index in [0.29, 0.717) is 10.9 Å². The van der Waals surface area contributed by atoms with Gasteiger partial charge in [-0.3, -0.25) is 0 Å². The summed E-state index contributed by atoms with van der Waals surface area (Å²) in [6.45, 7) is 1.90. The number of thioether (sulfide) groups is 1. The van der Waals surface area contributed by atoms with Crippen LogP contribution in [0.2, 0.25) is 5.15 Å². The zero-order valence-electron chi connectivity index (χ0n) is 7.85. The fourth-order valence-corrected chi connectivity index (χ4v) is 2.56. The number of aryl methyl sites for hydroxylation is 1. The van der Waals surface area contributed by atoms with Gasteiger partial charge < -0.3 is 0 Å². The van der Waals surface area contributed by atoms with E-state index >= 15 is 0 Å². The van der Waals surface area contributed by atoms with Gasteiger partial charge in [0.2, 0.25) is 0 Å². The van der Waals surface area contributed by atoms with Crippen LogP contribution in [0.4, 0.5) is 0 Å². The highest BCUT2D eigenvalue weighted by molar-refractivity contribution is 8.00. The summed E-state index contributed by atoms with van der Waals surface area (Å²) >= 11 is 8.75. The molecule has 0 unspecified atom stereocenters. The molecule has 0 fully saturated rings. The normalized spacial score (nSPS) is 10.5. The molecule has 0 bridgehead atoms. The summed E-state index contributed by atoms with van der Waals surface area (Å²) in [4.78, 5) is 12.5. The molecule has 2 rings (SSSR count). The first-order valence-electron chi connectivity index (χ1n) is 4.13. The summed E-state index contributed by atoms with van der Waals surface area (Å²) in [6.07, 6.45) is 1.54. The van der Waals surface area contributed by atoms with Gasteiger partial charge in [-0.05, 0) is 24.5 Å². The molecule has 4 nitrogen and oxygen atoms in total. The second kappa shape index (κ2) is 4.87. The smallest absolute Gasteiger partial charge is 0.170 e. The van der Waals surface area contributed by atoms with Gasteiger partial charge >= 0.3 is 0 Å². The summed E-state index contributed by atoms with van der Waals surface area (Å²) in [5.74, 6) is 1.39. The molecule has 0 radical (unpaired) electrons. The van der Waals surface area contributed by atoms with Crippen LogP contribution in [0.3, 0.4) is 0 Å². The Labute approximate surface area is 100 Å². The lowest BCUT2D eigenvalue weighted by Gasteiger charge is -1.99. The van der Waals surface area contributed by atoms with Gasteiger partial charge in [-0.2, -0.15) is 4.37 Å². The molecular weight excluding hydrogens is 252 g/mol. The standard InChI is InChI=1S/C8H7ClN4S2/c1-5-2-6(9)13-7(12-5)3-14-8-10-4-11-15-8/h2,4H,3H2,1H3. The van der Waals surface area contributed by atoms with Crippen molar-refractivity contribution < 1.29 is 0 Å². The Morgan fingerprint density at radius 2 is 2.33 bits per heavy atom. The third-order valence-corrected chi connectivity index (χ3v) is 3.52. The molecule has 78 valence electrons. The zero-order chi connectivity index (χ0) is 10.7. The Kier molecular flexibility index (Phi) is 3.50. The van der Waals surface area contributed by atoms with E-state index in [9.17, 15) is 0 Å². The number of rotatable bonds is 3.